The Morgan fingerprint density at radius 3 is 2.65 bits per heavy atom. The van der Waals surface area contributed by atoms with Crippen molar-refractivity contribution in [3.8, 4) is 5.69 Å². The Balaban J connectivity index is 2.38. The van der Waals surface area contributed by atoms with Crippen molar-refractivity contribution in [3.63, 3.8) is 0 Å². The van der Waals surface area contributed by atoms with E-state index >= 15 is 0 Å². The van der Waals surface area contributed by atoms with Crippen molar-refractivity contribution in [3.05, 3.63) is 57.6 Å². The molecule has 1 aromatic carbocycles. The first-order chi connectivity index (χ1) is 9.59. The molecule has 102 valence electrons. The predicted octanol–water partition coefficient (Wildman–Crippen LogP) is 2.08. The highest BCUT2D eigenvalue weighted by Crippen LogP contribution is 2.25. The Kier molecular flexibility index (Phi) is 2.89. The molecular weight excluding hydrogens is 259 g/mol. The number of carbonyl (C=O) groups excluding carboxylic acids is 1. The molecule has 1 heterocycles. The molecule has 1 aromatic heterocycles. The summed E-state index contributed by atoms with van der Waals surface area (Å²) in [5, 5.41) is 0. The Bertz CT molecular complexity index is 765. The molecule has 0 saturated carbocycles. The SMILES string of the molecule is Nc1cc(=O)c2c(n1-c1ccccc1F)CCCC2=O. The number of hydrogen-bond donors (Lipinski definition) is 1. The Hall–Kier alpha value is -2.43. The minimum atomic E-state index is -0.442. The molecular formula is C15H13FN2O2. The lowest BCUT2D eigenvalue weighted by atomic mass is 9.93. The average molecular weight is 272 g/mol. The number of anilines is 1. The number of para-hydroxylation sites is 1. The third kappa shape index (κ3) is 1.82. The van der Waals surface area contributed by atoms with E-state index in [0.29, 0.717) is 25.0 Å². The number of nitrogens with zero attached hydrogens (tertiary/aromatic N) is 1. The minimum absolute atomic E-state index is 0.147. The number of halogens is 1. The quantitative estimate of drug-likeness (QED) is 0.864. The van der Waals surface area contributed by atoms with Crippen LogP contribution in [0.5, 0.6) is 0 Å². The van der Waals surface area contributed by atoms with Crippen LogP contribution in [0.25, 0.3) is 5.69 Å². The van der Waals surface area contributed by atoms with E-state index in [4.69, 9.17) is 5.73 Å². The maximum absolute atomic E-state index is 14.0. The summed E-state index contributed by atoms with van der Waals surface area (Å²) in [7, 11) is 0. The summed E-state index contributed by atoms with van der Waals surface area (Å²) < 4.78 is 15.5. The van der Waals surface area contributed by atoms with Gasteiger partial charge in [0.25, 0.3) is 0 Å². The maximum atomic E-state index is 14.0. The van der Waals surface area contributed by atoms with E-state index in [1.54, 1.807) is 18.2 Å². The molecule has 0 atom stereocenters. The Morgan fingerprint density at radius 2 is 1.90 bits per heavy atom. The van der Waals surface area contributed by atoms with Gasteiger partial charge in [0.15, 0.2) is 11.2 Å². The van der Waals surface area contributed by atoms with Crippen LogP contribution in [0.1, 0.15) is 28.9 Å². The molecule has 4 nitrogen and oxygen atoms in total. The smallest absolute Gasteiger partial charge is 0.194 e. The van der Waals surface area contributed by atoms with Gasteiger partial charge >= 0.3 is 0 Å². The average Bonchev–Trinajstić information content (AvgIpc) is 2.40. The molecule has 0 saturated heterocycles. The first-order valence-electron chi connectivity index (χ1n) is 6.42. The summed E-state index contributed by atoms with van der Waals surface area (Å²) in [5.41, 5.74) is 6.41. The monoisotopic (exact) mass is 272 g/mol. The number of nitrogens with two attached hydrogens (primary N) is 1. The molecule has 0 bridgehead atoms. The highest BCUT2D eigenvalue weighted by atomic mass is 19.1. The van der Waals surface area contributed by atoms with E-state index in [9.17, 15) is 14.0 Å². The van der Waals surface area contributed by atoms with E-state index < -0.39 is 5.82 Å². The normalized spacial score (nSPS) is 14.2. The standard InChI is InChI=1S/C15H13FN2O2/c16-9-4-1-2-5-10(9)18-11-6-3-7-12(19)15(11)13(20)8-14(18)17/h1-2,4-5,8H,3,6-7,17H2. The molecule has 20 heavy (non-hydrogen) atoms. The Morgan fingerprint density at radius 1 is 1.15 bits per heavy atom. The molecule has 2 aromatic rings. The molecule has 0 unspecified atom stereocenters. The topological polar surface area (TPSA) is 65.1 Å². The number of benzene rings is 1. The van der Waals surface area contributed by atoms with Crippen molar-refractivity contribution in [2.24, 2.45) is 0 Å². The van der Waals surface area contributed by atoms with Gasteiger partial charge in [-0.3, -0.25) is 14.2 Å². The van der Waals surface area contributed by atoms with Crippen LogP contribution in [0, 0.1) is 5.82 Å². The first-order valence-corrected chi connectivity index (χ1v) is 6.42. The van der Waals surface area contributed by atoms with Gasteiger partial charge in [-0.2, -0.15) is 0 Å². The second-order valence-electron chi connectivity index (χ2n) is 4.82. The molecule has 1 aliphatic rings. The number of nitrogen functional groups attached to an aromatic ring is 1. The summed E-state index contributed by atoms with van der Waals surface area (Å²) in [6.45, 7) is 0. The van der Waals surface area contributed by atoms with Crippen molar-refractivity contribution in [2.75, 3.05) is 5.73 Å². The summed E-state index contributed by atoms with van der Waals surface area (Å²) in [4.78, 5) is 23.9. The zero-order valence-electron chi connectivity index (χ0n) is 10.7. The fourth-order valence-corrected chi connectivity index (χ4v) is 2.67. The number of pyridine rings is 1. The van der Waals surface area contributed by atoms with Crippen LogP contribution in [-0.4, -0.2) is 10.4 Å². The van der Waals surface area contributed by atoms with Crippen LogP contribution in [0.3, 0.4) is 0 Å². The molecule has 0 amide bonds. The summed E-state index contributed by atoms with van der Waals surface area (Å²) in [6, 6.07) is 7.36. The van der Waals surface area contributed by atoms with Gasteiger partial charge in [-0.25, -0.2) is 4.39 Å². The van der Waals surface area contributed by atoms with Gasteiger partial charge < -0.3 is 5.73 Å². The van der Waals surface area contributed by atoms with Crippen molar-refractivity contribution in [1.82, 2.24) is 4.57 Å². The molecule has 0 fully saturated rings. The first kappa shape index (κ1) is 12.6. The van der Waals surface area contributed by atoms with Crippen molar-refractivity contribution in [2.45, 2.75) is 19.3 Å². The molecule has 3 rings (SSSR count). The van der Waals surface area contributed by atoms with Crippen LogP contribution in [-0.2, 0) is 6.42 Å². The lowest BCUT2D eigenvalue weighted by Crippen LogP contribution is -2.27. The number of rotatable bonds is 1. The second kappa shape index (κ2) is 4.59. The van der Waals surface area contributed by atoms with Crippen LogP contribution in [0.2, 0.25) is 0 Å². The molecule has 0 radical (unpaired) electrons. The van der Waals surface area contributed by atoms with Gasteiger partial charge in [-0.05, 0) is 25.0 Å². The fourth-order valence-electron chi connectivity index (χ4n) is 2.67. The number of aromatic nitrogens is 1. The van der Waals surface area contributed by atoms with Gasteiger partial charge in [0.2, 0.25) is 0 Å². The number of hydrogen-bond acceptors (Lipinski definition) is 3. The number of ketones is 1. The van der Waals surface area contributed by atoms with E-state index in [-0.39, 0.29) is 28.3 Å². The summed E-state index contributed by atoms with van der Waals surface area (Å²) >= 11 is 0. The molecule has 0 spiro atoms. The van der Waals surface area contributed by atoms with Crippen molar-refractivity contribution < 1.29 is 9.18 Å². The van der Waals surface area contributed by atoms with Gasteiger partial charge in [0, 0.05) is 18.2 Å². The van der Waals surface area contributed by atoms with E-state index in [0.717, 1.165) is 0 Å². The summed E-state index contributed by atoms with van der Waals surface area (Å²) in [6.07, 6.45) is 1.53. The molecule has 1 aliphatic carbocycles. The minimum Gasteiger partial charge on any atom is -0.385 e. The highest BCUT2D eigenvalue weighted by molar-refractivity contribution is 5.98. The second-order valence-corrected chi connectivity index (χ2v) is 4.82. The molecule has 0 aliphatic heterocycles. The third-order valence-corrected chi connectivity index (χ3v) is 3.53. The van der Waals surface area contributed by atoms with E-state index in [2.05, 4.69) is 0 Å². The largest absolute Gasteiger partial charge is 0.385 e. The van der Waals surface area contributed by atoms with Gasteiger partial charge in [0.1, 0.15) is 11.6 Å². The molecule has 2 N–H and O–H groups in total. The fraction of sp³-hybridized carbons (Fsp3) is 0.200. The van der Waals surface area contributed by atoms with Crippen LogP contribution in [0.4, 0.5) is 10.2 Å². The van der Waals surface area contributed by atoms with E-state index in [1.165, 1.54) is 16.7 Å². The zero-order chi connectivity index (χ0) is 14.3. The summed E-state index contributed by atoms with van der Waals surface area (Å²) in [5.74, 6) is -0.488. The number of fused-ring (bicyclic) bond motifs is 1. The van der Waals surface area contributed by atoms with Gasteiger partial charge in [-0.1, -0.05) is 12.1 Å². The number of Topliss-reactive ketones (excluding diaryl/α,β-unsaturated/α-hetero) is 1. The van der Waals surface area contributed by atoms with Crippen LogP contribution >= 0.6 is 0 Å². The molecule has 5 heteroatoms. The van der Waals surface area contributed by atoms with Gasteiger partial charge in [0.05, 0.1) is 11.3 Å². The third-order valence-electron chi connectivity index (χ3n) is 3.53. The van der Waals surface area contributed by atoms with Crippen LogP contribution < -0.4 is 11.2 Å². The van der Waals surface area contributed by atoms with Gasteiger partial charge in [-0.15, -0.1) is 0 Å². The predicted molar refractivity (Wildman–Crippen MR) is 73.7 cm³/mol. The van der Waals surface area contributed by atoms with Crippen molar-refractivity contribution in [1.29, 1.82) is 0 Å². The highest BCUT2D eigenvalue weighted by Gasteiger charge is 2.25. The lowest BCUT2D eigenvalue weighted by molar-refractivity contribution is 0.0970. The Labute approximate surface area is 114 Å². The maximum Gasteiger partial charge on any atom is 0.194 e. The van der Waals surface area contributed by atoms with Crippen LogP contribution in [0.15, 0.2) is 35.1 Å². The lowest BCUT2D eigenvalue weighted by Gasteiger charge is -2.22. The number of carbonyl (C=O) groups is 1. The van der Waals surface area contributed by atoms with E-state index in [1.807, 2.05) is 0 Å². The van der Waals surface area contributed by atoms with Crippen molar-refractivity contribution >= 4 is 11.6 Å². The zero-order valence-corrected chi connectivity index (χ0v) is 10.7.